The molecule has 140 valence electrons. The highest BCUT2D eigenvalue weighted by Gasteiger charge is 2.35. The van der Waals surface area contributed by atoms with Gasteiger partial charge in [-0.2, -0.15) is 13.2 Å². The smallest absolute Gasteiger partial charge is 0.345 e. The van der Waals surface area contributed by atoms with Gasteiger partial charge in [-0.15, -0.1) is 12.4 Å². The van der Waals surface area contributed by atoms with Crippen LogP contribution in [0.5, 0.6) is 0 Å². The van der Waals surface area contributed by atoms with Crippen LogP contribution in [0.2, 0.25) is 0 Å². The molecule has 0 bridgehead atoms. The molecule has 5 nitrogen and oxygen atoms in total. The Bertz CT molecular complexity index is 644. The molecule has 0 saturated heterocycles. The minimum absolute atomic E-state index is 0. The molecular weight excluding hydrogens is 359 g/mol. The fraction of sp³-hybridized carbons (Fsp3) is 0.500. The average Bonchev–Trinajstić information content (AvgIpc) is 2.94. The highest BCUT2D eigenvalue weighted by molar-refractivity contribution is 5.97. The lowest BCUT2D eigenvalue weighted by Gasteiger charge is -2.29. The summed E-state index contributed by atoms with van der Waals surface area (Å²) in [6.07, 6.45) is -1.39. The first kappa shape index (κ1) is 21.2. The molecule has 2 amide bonds. The van der Waals surface area contributed by atoms with Gasteiger partial charge < -0.3 is 16.4 Å². The molecule has 1 aromatic rings. The maximum atomic E-state index is 13.0. The third-order valence-corrected chi connectivity index (χ3v) is 4.17. The van der Waals surface area contributed by atoms with Crippen molar-refractivity contribution in [2.45, 2.75) is 44.3 Å². The van der Waals surface area contributed by atoms with Crippen molar-refractivity contribution >= 4 is 29.9 Å². The van der Waals surface area contributed by atoms with E-state index in [0.29, 0.717) is 12.8 Å². The maximum absolute atomic E-state index is 13.0. The number of benzene rings is 1. The van der Waals surface area contributed by atoms with Crippen molar-refractivity contribution in [1.29, 1.82) is 0 Å². The van der Waals surface area contributed by atoms with Gasteiger partial charge in [-0.3, -0.25) is 9.59 Å². The Labute approximate surface area is 149 Å². The van der Waals surface area contributed by atoms with E-state index in [2.05, 4.69) is 10.6 Å². The van der Waals surface area contributed by atoms with Gasteiger partial charge in [0.1, 0.15) is 0 Å². The fourth-order valence-corrected chi connectivity index (χ4v) is 2.94. The molecule has 0 aliphatic heterocycles. The molecule has 9 heteroatoms. The van der Waals surface area contributed by atoms with Crippen molar-refractivity contribution in [2.24, 2.45) is 5.73 Å². The van der Waals surface area contributed by atoms with Crippen LogP contribution < -0.4 is 16.4 Å². The van der Waals surface area contributed by atoms with Crippen LogP contribution in [-0.2, 0) is 11.0 Å². The summed E-state index contributed by atoms with van der Waals surface area (Å²) >= 11 is 0. The Morgan fingerprint density at radius 2 is 1.80 bits per heavy atom. The van der Waals surface area contributed by atoms with Crippen molar-refractivity contribution < 1.29 is 22.8 Å². The molecule has 0 atom stereocenters. The van der Waals surface area contributed by atoms with Gasteiger partial charge >= 0.3 is 6.18 Å². The molecule has 1 aliphatic carbocycles. The van der Waals surface area contributed by atoms with Gasteiger partial charge in [-0.1, -0.05) is 12.8 Å². The molecule has 1 saturated carbocycles. The third kappa shape index (κ3) is 5.34. The van der Waals surface area contributed by atoms with Gasteiger partial charge in [0.2, 0.25) is 5.91 Å². The van der Waals surface area contributed by atoms with E-state index in [-0.39, 0.29) is 30.2 Å². The van der Waals surface area contributed by atoms with Crippen molar-refractivity contribution in [3.05, 3.63) is 29.3 Å². The van der Waals surface area contributed by atoms with E-state index in [1.165, 1.54) is 13.0 Å². The first-order valence-corrected chi connectivity index (χ1v) is 7.68. The normalized spacial score (nSPS) is 16.0. The monoisotopic (exact) mass is 379 g/mol. The Hall–Kier alpha value is -1.80. The largest absolute Gasteiger partial charge is 0.416 e. The number of nitrogens with one attached hydrogen (secondary N) is 2. The molecule has 0 unspecified atom stereocenters. The molecule has 0 aromatic heterocycles. The van der Waals surface area contributed by atoms with Crippen molar-refractivity contribution in [2.75, 3.05) is 11.9 Å². The number of anilines is 1. The van der Waals surface area contributed by atoms with Crippen LogP contribution in [0.3, 0.4) is 0 Å². The zero-order chi connectivity index (χ0) is 18.0. The quantitative estimate of drug-likeness (QED) is 0.751. The standard InChI is InChI=1S/C16H20F3N3O2.ClH/c1-10(23)21-13-7-11(6-12(8-13)16(17,18)19)14(24)22-15(9-20)4-2-3-5-15;/h6-8H,2-5,9,20H2,1H3,(H,21,23)(H,22,24);1H. The number of carbonyl (C=O) groups is 2. The lowest BCUT2D eigenvalue weighted by atomic mass is 9.97. The van der Waals surface area contributed by atoms with Gasteiger partial charge in [0, 0.05) is 24.7 Å². The Morgan fingerprint density at radius 3 is 2.28 bits per heavy atom. The van der Waals surface area contributed by atoms with Crippen LogP contribution in [-0.4, -0.2) is 23.9 Å². The Balaban J connectivity index is 0.00000312. The Morgan fingerprint density at radius 1 is 1.20 bits per heavy atom. The predicted molar refractivity (Wildman–Crippen MR) is 90.7 cm³/mol. The number of amides is 2. The number of hydrogen-bond donors (Lipinski definition) is 3. The molecule has 0 heterocycles. The highest BCUT2D eigenvalue weighted by atomic mass is 35.5. The van der Waals surface area contributed by atoms with Crippen LogP contribution in [0, 0.1) is 0 Å². The summed E-state index contributed by atoms with van der Waals surface area (Å²) in [4.78, 5) is 23.6. The first-order chi connectivity index (χ1) is 11.1. The number of halogens is 4. The topological polar surface area (TPSA) is 84.2 Å². The maximum Gasteiger partial charge on any atom is 0.416 e. The van der Waals surface area contributed by atoms with E-state index >= 15 is 0 Å². The van der Waals surface area contributed by atoms with Crippen LogP contribution in [0.25, 0.3) is 0 Å². The summed E-state index contributed by atoms with van der Waals surface area (Å²) in [6.45, 7) is 1.41. The zero-order valence-corrected chi connectivity index (χ0v) is 14.5. The number of nitrogens with two attached hydrogens (primary N) is 1. The van der Waals surface area contributed by atoms with E-state index in [1.54, 1.807) is 0 Å². The van der Waals surface area contributed by atoms with Crippen molar-refractivity contribution in [1.82, 2.24) is 5.32 Å². The fourth-order valence-electron chi connectivity index (χ4n) is 2.94. The van der Waals surface area contributed by atoms with Gasteiger partial charge in [-0.05, 0) is 31.0 Å². The van der Waals surface area contributed by atoms with E-state index in [9.17, 15) is 22.8 Å². The summed E-state index contributed by atoms with van der Waals surface area (Å²) in [7, 11) is 0. The first-order valence-electron chi connectivity index (χ1n) is 7.68. The van der Waals surface area contributed by atoms with Crippen LogP contribution >= 0.6 is 12.4 Å². The predicted octanol–water partition coefficient (Wildman–Crippen LogP) is 3.09. The average molecular weight is 380 g/mol. The number of rotatable bonds is 4. The Kier molecular flexibility index (Phi) is 6.84. The second-order valence-electron chi connectivity index (χ2n) is 6.12. The van der Waals surface area contributed by atoms with Gasteiger partial charge in [0.25, 0.3) is 5.91 Å². The van der Waals surface area contributed by atoms with Crippen LogP contribution in [0.15, 0.2) is 18.2 Å². The van der Waals surface area contributed by atoms with Crippen LogP contribution in [0.1, 0.15) is 48.5 Å². The van der Waals surface area contributed by atoms with E-state index < -0.39 is 29.1 Å². The second kappa shape index (κ2) is 8.05. The zero-order valence-electron chi connectivity index (χ0n) is 13.7. The second-order valence-corrected chi connectivity index (χ2v) is 6.12. The van der Waals surface area contributed by atoms with Crippen LogP contribution in [0.4, 0.5) is 18.9 Å². The third-order valence-electron chi connectivity index (χ3n) is 4.17. The SMILES string of the molecule is CC(=O)Nc1cc(C(=O)NC2(CN)CCCC2)cc(C(F)(F)F)c1.Cl. The number of hydrogen-bond acceptors (Lipinski definition) is 3. The minimum atomic E-state index is -4.62. The van der Waals surface area contributed by atoms with Gasteiger partial charge in [0.15, 0.2) is 0 Å². The summed E-state index contributed by atoms with van der Waals surface area (Å²) in [5.74, 6) is -1.14. The molecular formula is C16H21ClF3N3O2. The highest BCUT2D eigenvalue weighted by Crippen LogP contribution is 2.33. The van der Waals surface area contributed by atoms with Crippen molar-refractivity contribution in [3.63, 3.8) is 0 Å². The van der Waals surface area contributed by atoms with Gasteiger partial charge in [-0.25, -0.2) is 0 Å². The molecule has 1 aliphatic rings. The summed E-state index contributed by atoms with van der Waals surface area (Å²) in [5, 5.41) is 5.06. The molecule has 1 aromatic carbocycles. The van der Waals surface area contributed by atoms with Crippen molar-refractivity contribution in [3.8, 4) is 0 Å². The number of alkyl halides is 3. The minimum Gasteiger partial charge on any atom is -0.345 e. The summed E-state index contributed by atoms with van der Waals surface area (Å²) in [5.41, 5.74) is 3.94. The lowest BCUT2D eigenvalue weighted by Crippen LogP contribution is -2.51. The molecule has 1 fully saturated rings. The van der Waals surface area contributed by atoms with E-state index in [4.69, 9.17) is 5.73 Å². The molecule has 0 spiro atoms. The van der Waals surface area contributed by atoms with E-state index in [1.807, 2.05) is 0 Å². The molecule has 4 N–H and O–H groups in total. The lowest BCUT2D eigenvalue weighted by molar-refractivity contribution is -0.137. The van der Waals surface area contributed by atoms with E-state index in [0.717, 1.165) is 25.0 Å². The molecule has 0 radical (unpaired) electrons. The summed E-state index contributed by atoms with van der Waals surface area (Å²) < 4.78 is 39.1. The van der Waals surface area contributed by atoms with Gasteiger partial charge in [0.05, 0.1) is 11.1 Å². The molecule has 2 rings (SSSR count). The molecule has 25 heavy (non-hydrogen) atoms. The summed E-state index contributed by atoms with van der Waals surface area (Å²) in [6, 6.07) is 2.80. The number of carbonyl (C=O) groups excluding carboxylic acids is 2.